The summed E-state index contributed by atoms with van der Waals surface area (Å²) in [6.07, 6.45) is 14.0. The zero-order valence-electron chi connectivity index (χ0n) is 25.2. The molecule has 0 atom stereocenters. The number of carbonyl (C=O) groups excluding carboxylic acids is 2. The summed E-state index contributed by atoms with van der Waals surface area (Å²) in [4.78, 5) is 39.5. The Bertz CT molecular complexity index is 1960. The monoisotopic (exact) mass is 606 g/mol. The number of allylic oxidation sites excluding steroid dienone is 1. The second-order valence-corrected chi connectivity index (χ2v) is 12.8. The van der Waals surface area contributed by atoms with E-state index in [9.17, 15) is 9.59 Å². The first-order valence-electron chi connectivity index (χ1n) is 15.3. The molecule has 2 aromatic carbocycles. The van der Waals surface area contributed by atoms with Gasteiger partial charge in [-0.05, 0) is 86.4 Å². The third-order valence-electron chi connectivity index (χ3n) is 9.50. The topological polar surface area (TPSA) is 94.7 Å². The van der Waals surface area contributed by atoms with E-state index in [0.717, 1.165) is 71.1 Å². The van der Waals surface area contributed by atoms with Gasteiger partial charge in [-0.2, -0.15) is 0 Å². The molecule has 1 N–H and O–H groups in total. The van der Waals surface area contributed by atoms with E-state index in [2.05, 4.69) is 30.5 Å². The fraction of sp³-hybridized carbons (Fsp3) is 0.343. The number of nitrogens with zero attached hydrogens (tertiary/aromatic N) is 5. The molecule has 3 heterocycles. The summed E-state index contributed by atoms with van der Waals surface area (Å²) in [5.41, 5.74) is 6.09. The smallest absolute Gasteiger partial charge is 0.252 e. The first kappa shape index (κ1) is 28.5. The molecule has 2 aliphatic carbocycles. The highest BCUT2D eigenvalue weighted by atomic mass is 35.5. The zero-order valence-corrected chi connectivity index (χ0v) is 26.0. The van der Waals surface area contributed by atoms with E-state index >= 15 is 0 Å². The largest absolute Gasteiger partial charge is 0.341 e. The Morgan fingerprint density at radius 2 is 1.73 bits per heavy atom. The number of amides is 1. The van der Waals surface area contributed by atoms with E-state index in [1.807, 2.05) is 50.5 Å². The molecule has 2 saturated carbocycles. The van der Waals surface area contributed by atoms with E-state index in [4.69, 9.17) is 16.6 Å². The lowest BCUT2D eigenvalue weighted by Crippen LogP contribution is -2.52. The molecule has 224 valence electrons. The summed E-state index contributed by atoms with van der Waals surface area (Å²) in [7, 11) is 4.03. The van der Waals surface area contributed by atoms with Crippen LogP contribution in [-0.4, -0.2) is 35.8 Å². The molecule has 0 unspecified atom stereocenters. The van der Waals surface area contributed by atoms with Gasteiger partial charge >= 0.3 is 0 Å². The highest BCUT2D eigenvalue weighted by Crippen LogP contribution is 2.45. The van der Waals surface area contributed by atoms with Crippen LogP contribution in [0.5, 0.6) is 0 Å². The van der Waals surface area contributed by atoms with Crippen LogP contribution < -0.4 is 5.32 Å². The van der Waals surface area contributed by atoms with Crippen molar-refractivity contribution in [3.05, 3.63) is 82.4 Å². The number of rotatable bonds is 7. The van der Waals surface area contributed by atoms with Gasteiger partial charge in [-0.1, -0.05) is 42.7 Å². The van der Waals surface area contributed by atoms with Crippen molar-refractivity contribution in [2.24, 2.45) is 14.1 Å². The van der Waals surface area contributed by atoms with Gasteiger partial charge in [0.2, 0.25) is 0 Å². The molecule has 0 spiro atoms. The summed E-state index contributed by atoms with van der Waals surface area (Å²) in [5, 5.41) is 5.04. The number of fused-ring (bicyclic) bond motifs is 2. The van der Waals surface area contributed by atoms with Crippen molar-refractivity contribution in [3.63, 3.8) is 0 Å². The van der Waals surface area contributed by atoms with Gasteiger partial charge < -0.3 is 14.5 Å². The minimum absolute atomic E-state index is 0.00440. The Kier molecular flexibility index (Phi) is 7.12. The predicted octanol–water partition coefficient (Wildman–Crippen LogP) is 7.24. The number of hydrogen-bond donors (Lipinski definition) is 1. The highest BCUT2D eigenvalue weighted by molar-refractivity contribution is 6.30. The molecule has 8 nitrogen and oxygen atoms in total. The SMILES string of the molecule is CC(=O)/C=C/c1ccc2nc(C3(NC(=O)c4ccc5c(C6CCCC6)c(-c6ncc(Cl)cn6)n(C)c5c4)CCC3)n(C)c2c1. The van der Waals surface area contributed by atoms with Gasteiger partial charge in [0.1, 0.15) is 5.82 Å². The van der Waals surface area contributed by atoms with Gasteiger partial charge in [-0.3, -0.25) is 9.59 Å². The maximum absolute atomic E-state index is 13.9. The van der Waals surface area contributed by atoms with Crippen molar-refractivity contribution in [2.75, 3.05) is 0 Å². The van der Waals surface area contributed by atoms with Gasteiger partial charge in [0.25, 0.3) is 5.91 Å². The summed E-state index contributed by atoms with van der Waals surface area (Å²) in [6, 6.07) is 12.0. The first-order chi connectivity index (χ1) is 21.2. The predicted molar refractivity (Wildman–Crippen MR) is 174 cm³/mol. The summed E-state index contributed by atoms with van der Waals surface area (Å²) < 4.78 is 4.21. The Morgan fingerprint density at radius 1 is 0.977 bits per heavy atom. The van der Waals surface area contributed by atoms with Crippen LogP contribution in [0.2, 0.25) is 5.02 Å². The van der Waals surface area contributed by atoms with Gasteiger partial charge in [-0.15, -0.1) is 0 Å². The number of halogens is 1. The number of carbonyl (C=O) groups is 2. The van der Waals surface area contributed by atoms with E-state index in [1.54, 1.807) is 18.5 Å². The molecular formula is C35H35ClN6O2. The average Bonchev–Trinajstić information content (AvgIpc) is 3.71. The third kappa shape index (κ3) is 4.81. The molecular weight excluding hydrogens is 572 g/mol. The number of hydrogen-bond acceptors (Lipinski definition) is 5. The lowest BCUT2D eigenvalue weighted by atomic mass is 9.75. The average molecular weight is 607 g/mol. The van der Waals surface area contributed by atoms with Crippen molar-refractivity contribution in [1.29, 1.82) is 0 Å². The molecule has 44 heavy (non-hydrogen) atoms. The van der Waals surface area contributed by atoms with Gasteiger partial charge in [-0.25, -0.2) is 15.0 Å². The van der Waals surface area contributed by atoms with Crippen LogP contribution in [0.4, 0.5) is 0 Å². The van der Waals surface area contributed by atoms with Crippen molar-refractivity contribution in [2.45, 2.75) is 63.3 Å². The van der Waals surface area contributed by atoms with Crippen LogP contribution in [0.25, 0.3) is 39.5 Å². The Labute approximate surface area is 261 Å². The van der Waals surface area contributed by atoms with E-state index in [0.29, 0.717) is 22.3 Å². The van der Waals surface area contributed by atoms with Crippen molar-refractivity contribution >= 4 is 51.3 Å². The van der Waals surface area contributed by atoms with Crippen molar-refractivity contribution in [3.8, 4) is 11.5 Å². The van der Waals surface area contributed by atoms with Gasteiger partial charge in [0.15, 0.2) is 11.6 Å². The van der Waals surface area contributed by atoms with Crippen LogP contribution in [0.1, 0.15) is 85.1 Å². The summed E-state index contributed by atoms with van der Waals surface area (Å²) >= 11 is 6.12. The highest BCUT2D eigenvalue weighted by Gasteiger charge is 2.44. The Morgan fingerprint density at radius 3 is 2.41 bits per heavy atom. The van der Waals surface area contributed by atoms with E-state index < -0.39 is 5.54 Å². The molecule has 1 amide bonds. The number of imidazole rings is 1. The Hall–Kier alpha value is -4.30. The van der Waals surface area contributed by atoms with Crippen LogP contribution in [-0.2, 0) is 24.4 Å². The first-order valence-corrected chi connectivity index (χ1v) is 15.7. The lowest BCUT2D eigenvalue weighted by Gasteiger charge is -2.41. The molecule has 2 aliphatic rings. The van der Waals surface area contributed by atoms with Crippen LogP contribution in [0.15, 0.2) is 54.9 Å². The number of aryl methyl sites for hydroxylation is 2. The fourth-order valence-electron chi connectivity index (χ4n) is 7.12. The number of aromatic nitrogens is 5. The van der Waals surface area contributed by atoms with Gasteiger partial charge in [0.05, 0.1) is 27.3 Å². The summed E-state index contributed by atoms with van der Waals surface area (Å²) in [5.74, 6) is 1.82. The maximum atomic E-state index is 13.9. The fourth-order valence-corrected chi connectivity index (χ4v) is 7.21. The molecule has 5 aromatic rings. The van der Waals surface area contributed by atoms with Crippen molar-refractivity contribution in [1.82, 2.24) is 29.4 Å². The zero-order chi connectivity index (χ0) is 30.6. The molecule has 2 fully saturated rings. The molecule has 0 saturated heterocycles. The Balaban J connectivity index is 1.24. The number of benzene rings is 2. The van der Waals surface area contributed by atoms with E-state index in [-0.39, 0.29) is 11.7 Å². The quantitative estimate of drug-likeness (QED) is 0.197. The minimum atomic E-state index is -0.541. The summed E-state index contributed by atoms with van der Waals surface area (Å²) in [6.45, 7) is 1.54. The van der Waals surface area contributed by atoms with Crippen molar-refractivity contribution < 1.29 is 9.59 Å². The van der Waals surface area contributed by atoms with Gasteiger partial charge in [0, 0.05) is 43.0 Å². The normalized spacial score (nSPS) is 16.6. The lowest BCUT2D eigenvalue weighted by molar-refractivity contribution is -0.112. The number of nitrogens with one attached hydrogen (secondary N) is 1. The molecule has 0 radical (unpaired) electrons. The van der Waals surface area contributed by atoms with Crippen LogP contribution in [0.3, 0.4) is 0 Å². The number of ketones is 1. The molecule has 7 rings (SSSR count). The second kappa shape index (κ2) is 11.0. The maximum Gasteiger partial charge on any atom is 0.252 e. The standard InChI is InChI=1S/C35H35ClN6O2/c1-21(43)9-10-22-11-14-27-29(17-22)42(3)34(39-27)35(15-6-16-35)40-33(44)24-12-13-26-28(18-24)41(2)31(30(26)23-7-4-5-8-23)32-37-19-25(36)20-38-32/h9-14,17-20,23H,4-8,15-16H2,1-3H3,(H,40,44)/b10-9+. The molecule has 0 bridgehead atoms. The molecule has 3 aromatic heterocycles. The third-order valence-corrected chi connectivity index (χ3v) is 9.70. The van der Waals surface area contributed by atoms with Crippen LogP contribution >= 0.6 is 11.6 Å². The second-order valence-electron chi connectivity index (χ2n) is 12.3. The molecule has 0 aliphatic heterocycles. The van der Waals surface area contributed by atoms with Crippen LogP contribution in [0, 0.1) is 0 Å². The molecule has 9 heteroatoms. The van der Waals surface area contributed by atoms with E-state index in [1.165, 1.54) is 25.3 Å². The minimum Gasteiger partial charge on any atom is -0.341 e.